The predicted octanol–water partition coefficient (Wildman–Crippen LogP) is 3.08. The quantitative estimate of drug-likeness (QED) is 0.890. The van der Waals surface area contributed by atoms with E-state index in [1.807, 2.05) is 30.0 Å². The van der Waals surface area contributed by atoms with Crippen molar-refractivity contribution >= 4 is 27.8 Å². The lowest BCUT2D eigenvalue weighted by molar-refractivity contribution is -0.139. The van der Waals surface area contributed by atoms with Crippen LogP contribution in [0.3, 0.4) is 0 Å². The van der Waals surface area contributed by atoms with Gasteiger partial charge in [-0.25, -0.2) is 0 Å². The highest BCUT2D eigenvalue weighted by Gasteiger charge is 2.59. The molecule has 1 unspecified atom stereocenters. The highest BCUT2D eigenvalue weighted by atomic mass is 79.9. The summed E-state index contributed by atoms with van der Waals surface area (Å²) in [5.41, 5.74) is 1.67. The van der Waals surface area contributed by atoms with Gasteiger partial charge in [0, 0.05) is 23.1 Å². The Morgan fingerprint density at radius 3 is 2.52 bits per heavy atom. The van der Waals surface area contributed by atoms with Crippen LogP contribution >= 0.6 is 15.9 Å². The number of amides is 1. The molecule has 1 amide bonds. The molecule has 2 fully saturated rings. The fraction of sp³-hybridized carbons (Fsp3) is 0.500. The fourth-order valence-electron chi connectivity index (χ4n) is 3.44. The molecule has 1 saturated heterocycles. The summed E-state index contributed by atoms with van der Waals surface area (Å²) < 4.78 is 0.969. The third kappa shape index (κ3) is 2.59. The van der Waals surface area contributed by atoms with Crippen LogP contribution < -0.4 is 0 Å². The van der Waals surface area contributed by atoms with Gasteiger partial charge >= 0.3 is 5.97 Å². The Morgan fingerprint density at radius 2 is 2.00 bits per heavy atom. The van der Waals surface area contributed by atoms with Crippen LogP contribution in [0.2, 0.25) is 0 Å². The number of rotatable bonds is 2. The second-order valence-corrected chi connectivity index (χ2v) is 7.12. The summed E-state index contributed by atoms with van der Waals surface area (Å²) in [5, 5.41) is 9.10. The number of carbonyl (C=O) groups is 2. The molecule has 1 spiro atoms. The number of likely N-dealkylation sites (tertiary alicyclic amines) is 1. The minimum absolute atomic E-state index is 0.0304. The van der Waals surface area contributed by atoms with Crippen molar-refractivity contribution < 1.29 is 14.7 Å². The summed E-state index contributed by atoms with van der Waals surface area (Å²) >= 11 is 3.40. The average Bonchev–Trinajstić information content (AvgIpc) is 3.13. The Kier molecular flexibility index (Phi) is 3.56. The van der Waals surface area contributed by atoms with Gasteiger partial charge in [-0.1, -0.05) is 15.9 Å². The van der Waals surface area contributed by atoms with Crippen LogP contribution in [-0.2, 0) is 4.79 Å². The molecule has 1 aliphatic carbocycles. The van der Waals surface area contributed by atoms with Crippen LogP contribution in [0, 0.1) is 18.3 Å². The maximum absolute atomic E-state index is 12.6. The Bertz CT molecular complexity index is 606. The summed E-state index contributed by atoms with van der Waals surface area (Å²) in [6, 6.07) is 5.68. The van der Waals surface area contributed by atoms with Gasteiger partial charge in [0.15, 0.2) is 0 Å². The number of hydrogen-bond acceptors (Lipinski definition) is 2. The second kappa shape index (κ2) is 5.13. The van der Waals surface area contributed by atoms with E-state index in [9.17, 15) is 9.59 Å². The van der Waals surface area contributed by atoms with Gasteiger partial charge in [-0.05, 0) is 55.4 Å². The van der Waals surface area contributed by atoms with Gasteiger partial charge in [0.2, 0.25) is 0 Å². The molecule has 1 aromatic rings. The van der Waals surface area contributed by atoms with Crippen LogP contribution in [0.25, 0.3) is 0 Å². The zero-order chi connectivity index (χ0) is 15.2. The molecule has 0 bridgehead atoms. The van der Waals surface area contributed by atoms with Gasteiger partial charge in [0.25, 0.3) is 5.91 Å². The number of carboxylic acid groups (broad SMARTS) is 1. The maximum atomic E-state index is 12.6. The largest absolute Gasteiger partial charge is 0.481 e. The molecule has 1 heterocycles. The summed E-state index contributed by atoms with van der Waals surface area (Å²) in [4.78, 5) is 25.5. The lowest BCUT2D eigenvalue weighted by Crippen LogP contribution is -2.40. The van der Waals surface area contributed by atoms with Gasteiger partial charge in [-0.3, -0.25) is 9.59 Å². The van der Waals surface area contributed by atoms with E-state index in [1.165, 1.54) is 0 Å². The average molecular weight is 352 g/mol. The Labute approximate surface area is 132 Å². The third-order valence-corrected chi connectivity index (χ3v) is 5.45. The Morgan fingerprint density at radius 1 is 1.33 bits per heavy atom. The zero-order valence-corrected chi connectivity index (χ0v) is 13.5. The molecule has 0 radical (unpaired) electrons. The molecule has 1 atom stereocenters. The highest BCUT2D eigenvalue weighted by molar-refractivity contribution is 9.10. The van der Waals surface area contributed by atoms with Crippen molar-refractivity contribution in [1.82, 2.24) is 4.90 Å². The van der Waals surface area contributed by atoms with E-state index in [-0.39, 0.29) is 17.2 Å². The molecule has 1 N–H and O–H groups in total. The number of aliphatic carboxylic acids is 1. The number of hydrogen-bond donors (Lipinski definition) is 1. The van der Waals surface area contributed by atoms with Gasteiger partial charge in [-0.15, -0.1) is 0 Å². The van der Waals surface area contributed by atoms with Crippen LogP contribution in [0.4, 0.5) is 0 Å². The topological polar surface area (TPSA) is 57.6 Å². The number of halogens is 1. The molecule has 1 aliphatic heterocycles. The standard InChI is InChI=1S/C16H18BrNO3/c1-10-8-11(17)2-3-12(10)14(19)18-6-4-16(5-7-18)9-13(16)15(20)21/h2-3,8,13H,4-7,9H2,1H3,(H,20,21). The van der Waals surface area contributed by atoms with E-state index >= 15 is 0 Å². The van der Waals surface area contributed by atoms with Gasteiger partial charge in [0.1, 0.15) is 0 Å². The van der Waals surface area contributed by atoms with Crippen LogP contribution in [0.15, 0.2) is 22.7 Å². The molecule has 4 nitrogen and oxygen atoms in total. The Balaban J connectivity index is 1.67. The van der Waals surface area contributed by atoms with Gasteiger partial charge in [-0.2, -0.15) is 0 Å². The first-order valence-electron chi connectivity index (χ1n) is 7.21. The lowest BCUT2D eigenvalue weighted by Gasteiger charge is -2.33. The van der Waals surface area contributed by atoms with E-state index in [2.05, 4.69) is 15.9 Å². The molecule has 112 valence electrons. The van der Waals surface area contributed by atoms with Crippen LogP contribution in [0.1, 0.15) is 35.2 Å². The van der Waals surface area contributed by atoms with E-state index in [4.69, 9.17) is 5.11 Å². The molecule has 5 heteroatoms. The van der Waals surface area contributed by atoms with Crippen molar-refractivity contribution in [3.05, 3.63) is 33.8 Å². The molecule has 1 aromatic carbocycles. The molecule has 2 aliphatic rings. The number of carbonyl (C=O) groups excluding carboxylic acids is 1. The second-order valence-electron chi connectivity index (χ2n) is 6.21. The van der Waals surface area contributed by atoms with Crippen molar-refractivity contribution in [2.75, 3.05) is 13.1 Å². The zero-order valence-electron chi connectivity index (χ0n) is 11.9. The van der Waals surface area contributed by atoms with E-state index < -0.39 is 5.97 Å². The SMILES string of the molecule is Cc1cc(Br)ccc1C(=O)N1CCC2(CC1)CC2C(=O)O. The molecular formula is C16H18BrNO3. The Hall–Kier alpha value is -1.36. The normalized spacial score (nSPS) is 23.1. The predicted molar refractivity (Wildman–Crippen MR) is 82.2 cm³/mol. The van der Waals surface area contributed by atoms with Crippen molar-refractivity contribution in [2.45, 2.75) is 26.2 Å². The fourth-order valence-corrected chi connectivity index (χ4v) is 3.92. The molecule has 0 aromatic heterocycles. The minimum atomic E-state index is -0.682. The van der Waals surface area contributed by atoms with E-state index in [0.29, 0.717) is 13.1 Å². The number of aryl methyl sites for hydroxylation is 1. The summed E-state index contributed by atoms with van der Waals surface area (Å²) in [7, 11) is 0. The smallest absolute Gasteiger partial charge is 0.307 e. The van der Waals surface area contributed by atoms with Crippen LogP contribution in [0.5, 0.6) is 0 Å². The van der Waals surface area contributed by atoms with Crippen molar-refractivity contribution in [1.29, 1.82) is 0 Å². The summed E-state index contributed by atoms with van der Waals surface area (Å²) in [6.45, 7) is 3.26. The van der Waals surface area contributed by atoms with E-state index in [1.54, 1.807) is 0 Å². The number of nitrogens with zero attached hydrogens (tertiary/aromatic N) is 1. The summed E-state index contributed by atoms with van der Waals surface area (Å²) in [6.07, 6.45) is 2.40. The minimum Gasteiger partial charge on any atom is -0.481 e. The van der Waals surface area contributed by atoms with Gasteiger partial charge < -0.3 is 10.0 Å². The lowest BCUT2D eigenvalue weighted by atomic mass is 9.90. The van der Waals surface area contributed by atoms with Crippen LogP contribution in [-0.4, -0.2) is 35.0 Å². The first kappa shape index (κ1) is 14.6. The van der Waals surface area contributed by atoms with Crippen molar-refractivity contribution in [3.63, 3.8) is 0 Å². The molecular weight excluding hydrogens is 334 g/mol. The molecule has 3 rings (SSSR count). The van der Waals surface area contributed by atoms with E-state index in [0.717, 1.165) is 34.9 Å². The first-order valence-corrected chi connectivity index (χ1v) is 8.00. The third-order valence-electron chi connectivity index (χ3n) is 4.95. The van der Waals surface area contributed by atoms with Gasteiger partial charge in [0.05, 0.1) is 5.92 Å². The first-order chi connectivity index (χ1) is 9.93. The van der Waals surface area contributed by atoms with Crippen molar-refractivity contribution in [2.24, 2.45) is 11.3 Å². The monoisotopic (exact) mass is 351 g/mol. The number of piperidine rings is 1. The number of benzene rings is 1. The highest BCUT2D eigenvalue weighted by Crippen LogP contribution is 2.59. The molecule has 21 heavy (non-hydrogen) atoms. The summed E-state index contributed by atoms with van der Waals surface area (Å²) in [5.74, 6) is -0.815. The van der Waals surface area contributed by atoms with Crippen molar-refractivity contribution in [3.8, 4) is 0 Å². The molecule has 1 saturated carbocycles. The number of carboxylic acids is 1. The maximum Gasteiger partial charge on any atom is 0.307 e.